The Labute approximate surface area is 754 Å². The van der Waals surface area contributed by atoms with Gasteiger partial charge in [0.1, 0.15) is 30.1 Å². The lowest BCUT2D eigenvalue weighted by Gasteiger charge is -2.37. The van der Waals surface area contributed by atoms with E-state index in [0.717, 1.165) is 118 Å². The van der Waals surface area contributed by atoms with Gasteiger partial charge in [-0.15, -0.1) is 11.8 Å². The lowest BCUT2D eigenvalue weighted by Crippen LogP contribution is -2.42. The van der Waals surface area contributed by atoms with Crippen LogP contribution in [0.15, 0.2) is 214 Å². The molecule has 0 spiro atoms. The molecule has 5 fully saturated rings. The standard InChI is InChI=1S/2C19H23NO3S.C18H21NO3S.C18H21NOS.C13H19NO.C8H9NO.4C2H6/c2*1-14-11-15(2)18(20-13-14)17-12-19(3,9-10-23-17)24(21,22)16-7-5-4-6-8-16;1-13-10-14(2)18(19-12-13)17-11-16(8-9-22-17)23(20,21)15-6-4-3-5-7-15;1-13-10-14(2)18(19-12-13)17-11-16(8-9-20-17)21-15-6-4-3-5-7-15;1-9-4-5-15-12(7-9)13-11(3)6-10(2)8-14-13;1-6-3-7(2)8(5-10)9-4-6;4*1-2/h2*4-8,11,13,17H,9-10,12H2,1-3H3;3-7,10,12,16-17H,8-9,11H2,1-2H3;3-7,10,12,16-17H,8-9,11H2,1-2H3;6,8-9,12H,4-5,7H2,1-3H3;3-5H,1-2H3;4*1-2H3. The van der Waals surface area contributed by atoms with Gasteiger partial charge in [-0.1, -0.05) is 172 Å². The Bertz CT molecular complexity index is 5160. The molecule has 5 aliphatic heterocycles. The van der Waals surface area contributed by atoms with Crippen molar-refractivity contribution in [3.63, 3.8) is 0 Å². The Morgan fingerprint density at radius 1 is 0.352 bits per heavy atom. The van der Waals surface area contributed by atoms with E-state index in [1.54, 1.807) is 85.2 Å². The maximum atomic E-state index is 13.1. The van der Waals surface area contributed by atoms with Crippen LogP contribution in [0.5, 0.6) is 0 Å². The average Bonchev–Trinajstić information content (AvgIpc) is 0.761. The molecule has 0 bridgehead atoms. The normalized spacial score (nSPS) is 21.4. The number of sulfone groups is 3. The highest BCUT2D eigenvalue weighted by Crippen LogP contribution is 2.45. The van der Waals surface area contributed by atoms with Crippen LogP contribution in [0, 0.1) is 89.0 Å². The zero-order chi connectivity index (χ0) is 92.2. The molecule has 5 aliphatic rings. The Morgan fingerprint density at radius 3 is 0.992 bits per heavy atom. The van der Waals surface area contributed by atoms with Crippen molar-refractivity contribution in [2.75, 3.05) is 33.0 Å². The summed E-state index contributed by atoms with van der Waals surface area (Å²) in [4.78, 5) is 39.3. The highest BCUT2D eigenvalue weighted by molar-refractivity contribution is 8.00. The number of ether oxygens (including phenoxy) is 5. The van der Waals surface area contributed by atoms with Gasteiger partial charge in [0.05, 0.1) is 64.0 Å². The van der Waals surface area contributed by atoms with Gasteiger partial charge in [-0.25, -0.2) is 25.3 Å². The van der Waals surface area contributed by atoms with E-state index in [1.807, 2.05) is 185 Å². The molecule has 0 radical (unpaired) electrons. The molecule has 10 atom stereocenters. The molecule has 6 aromatic heterocycles. The number of carbonyl (C=O) groups is 1. The fraction of sp³-hybridized carbons (Fsp3) is 0.466. The Balaban J connectivity index is 0.000000231. The maximum Gasteiger partial charge on any atom is 0.183 e. The summed E-state index contributed by atoms with van der Waals surface area (Å²) in [5.41, 5.74) is 18.7. The maximum absolute atomic E-state index is 13.1. The predicted molar refractivity (Wildman–Crippen MR) is 509 cm³/mol. The van der Waals surface area contributed by atoms with Gasteiger partial charge in [0.15, 0.2) is 35.8 Å². The van der Waals surface area contributed by atoms with Crippen molar-refractivity contribution < 1.29 is 53.7 Å². The molecule has 5 saturated heterocycles. The molecule has 0 N–H and O–H groups in total. The third-order valence-corrected chi connectivity index (χ3v) is 30.9. The van der Waals surface area contributed by atoms with Crippen LogP contribution < -0.4 is 0 Å². The second-order valence-corrected chi connectivity index (χ2v) is 40.9. The van der Waals surface area contributed by atoms with Crippen LogP contribution in [0.3, 0.4) is 0 Å². The van der Waals surface area contributed by atoms with E-state index >= 15 is 0 Å². The fourth-order valence-electron chi connectivity index (χ4n) is 15.7. The molecule has 4 aromatic carbocycles. The summed E-state index contributed by atoms with van der Waals surface area (Å²) in [6.07, 6.45) is 18.5. The van der Waals surface area contributed by atoms with Gasteiger partial charge < -0.3 is 23.7 Å². The molecule has 0 saturated carbocycles. The number of hydrogen-bond donors (Lipinski definition) is 0. The van der Waals surface area contributed by atoms with Crippen molar-refractivity contribution in [2.24, 2.45) is 5.92 Å². The first-order valence-electron chi connectivity index (χ1n) is 44.5. The van der Waals surface area contributed by atoms with Gasteiger partial charge in [0, 0.05) is 80.4 Å². The third-order valence-electron chi connectivity index (χ3n) is 22.3. The first-order valence-corrected chi connectivity index (χ1v) is 49.9. The minimum Gasteiger partial charge on any atom is -0.372 e. The van der Waals surface area contributed by atoms with Gasteiger partial charge >= 0.3 is 0 Å². The minimum atomic E-state index is -3.43. The van der Waals surface area contributed by atoms with Gasteiger partial charge in [0.2, 0.25) is 0 Å². The van der Waals surface area contributed by atoms with E-state index < -0.39 is 44.3 Å². The summed E-state index contributed by atoms with van der Waals surface area (Å²) in [5, 5.41) is 0.180. The fourth-order valence-corrected chi connectivity index (χ4v) is 22.2. The summed E-state index contributed by atoms with van der Waals surface area (Å²) < 4.78 is 106. The number of aromatic nitrogens is 6. The molecule has 22 heteroatoms. The van der Waals surface area contributed by atoms with Crippen LogP contribution >= 0.6 is 11.8 Å². The topological polar surface area (TPSA) is 243 Å². The van der Waals surface area contributed by atoms with E-state index in [9.17, 15) is 30.0 Å². The number of aryl methyl sites for hydroxylation is 12. The molecule has 18 nitrogen and oxygen atoms in total. The molecular weight excluding hydrogens is 1640 g/mol. The second-order valence-electron chi connectivity index (χ2n) is 32.4. The van der Waals surface area contributed by atoms with Gasteiger partial charge in [-0.3, -0.25) is 34.7 Å². The Hall–Kier alpha value is -8.55. The number of aldehydes is 1. The van der Waals surface area contributed by atoms with Crippen molar-refractivity contribution in [1.29, 1.82) is 0 Å². The highest BCUT2D eigenvalue weighted by atomic mass is 32.2. The Kier molecular flexibility index (Phi) is 43.3. The zero-order valence-corrected chi connectivity index (χ0v) is 81.8. The number of benzene rings is 4. The minimum absolute atomic E-state index is 0.139. The van der Waals surface area contributed by atoms with Gasteiger partial charge in [-0.05, 0) is 282 Å². The van der Waals surface area contributed by atoms with Crippen LogP contribution in [-0.4, -0.2) is 114 Å². The molecule has 0 amide bonds. The number of nitrogens with zero attached hydrogens (tertiary/aromatic N) is 6. The van der Waals surface area contributed by atoms with Gasteiger partial charge in [-0.2, -0.15) is 0 Å². The third kappa shape index (κ3) is 29.8. The van der Waals surface area contributed by atoms with E-state index in [0.29, 0.717) is 84.0 Å². The summed E-state index contributed by atoms with van der Waals surface area (Å²) in [7, 11) is -10.2. The van der Waals surface area contributed by atoms with Crippen LogP contribution in [0.25, 0.3) is 0 Å². The van der Waals surface area contributed by atoms with Crippen molar-refractivity contribution in [3.05, 3.63) is 296 Å². The van der Waals surface area contributed by atoms with Crippen LogP contribution in [-0.2, 0) is 53.2 Å². The van der Waals surface area contributed by atoms with Crippen molar-refractivity contribution in [2.45, 2.75) is 294 Å². The summed E-state index contributed by atoms with van der Waals surface area (Å²) >= 11 is 1.96. The largest absolute Gasteiger partial charge is 0.372 e. The Morgan fingerprint density at radius 2 is 0.648 bits per heavy atom. The van der Waals surface area contributed by atoms with Crippen LogP contribution in [0.1, 0.15) is 277 Å². The molecule has 10 aromatic rings. The number of thioether (sulfide) groups is 1. The summed E-state index contributed by atoms with van der Waals surface area (Å²) in [6, 6.07) is 49.2. The van der Waals surface area contributed by atoms with Crippen molar-refractivity contribution in [1.82, 2.24) is 29.9 Å². The quantitative estimate of drug-likeness (QED) is 0.0919. The highest BCUT2D eigenvalue weighted by Gasteiger charge is 2.47. The first kappa shape index (κ1) is 105. The van der Waals surface area contributed by atoms with Crippen LogP contribution in [0.4, 0.5) is 0 Å². The number of pyridine rings is 6. The zero-order valence-electron chi connectivity index (χ0n) is 78.5. The first-order chi connectivity index (χ1) is 59.8. The van der Waals surface area contributed by atoms with E-state index in [2.05, 4.69) is 125 Å². The number of hydrogen-bond acceptors (Lipinski definition) is 19. The lowest BCUT2D eigenvalue weighted by atomic mass is 9.93. The average molecular weight is 1780 g/mol. The monoisotopic (exact) mass is 1780 g/mol. The molecule has 678 valence electrons. The van der Waals surface area contributed by atoms with Crippen LogP contribution in [0.2, 0.25) is 0 Å². The second kappa shape index (κ2) is 51.4. The molecular formula is C103H140N6O12S4. The molecule has 15 rings (SSSR count). The molecule has 0 aliphatic carbocycles. The summed E-state index contributed by atoms with van der Waals surface area (Å²) in [5.74, 6) is 0.756. The number of rotatable bonds is 14. The van der Waals surface area contributed by atoms with Gasteiger partial charge in [0.25, 0.3) is 0 Å². The van der Waals surface area contributed by atoms with Crippen molar-refractivity contribution in [3.8, 4) is 0 Å². The summed E-state index contributed by atoms with van der Waals surface area (Å²) in [6.45, 7) is 49.1. The molecule has 10 unspecified atom stereocenters. The van der Waals surface area contributed by atoms with E-state index in [-0.39, 0.29) is 30.5 Å². The smallest absolute Gasteiger partial charge is 0.183 e. The van der Waals surface area contributed by atoms with E-state index in [1.165, 1.54) is 33.6 Å². The van der Waals surface area contributed by atoms with E-state index in [4.69, 9.17) is 23.7 Å². The predicted octanol–water partition coefficient (Wildman–Crippen LogP) is 24.5. The SMILES string of the molecule is CC.CC.CC.CC.Cc1cnc(C2CC(C)(S(=O)(=O)c3ccccc3)CCO2)c(C)c1.Cc1cnc(C2CC(C)(S(=O)(=O)c3ccccc3)CCO2)c(C)c1.Cc1cnc(C2CC(C)CCO2)c(C)c1.Cc1cnc(C2CC(S(=O)(=O)c3ccccc3)CCO2)c(C)c1.Cc1cnc(C2CC(Sc3ccccc3)CCO2)c(C)c1.Cc1cnc(C=O)c(C)c1. The number of carbonyl (C=O) groups excluding carboxylic acids is 1. The molecule has 11 heterocycles. The molecule has 125 heavy (non-hydrogen) atoms. The lowest BCUT2D eigenvalue weighted by molar-refractivity contribution is -0.00915. The van der Waals surface area contributed by atoms with Crippen molar-refractivity contribution >= 4 is 47.6 Å².